The largest absolute Gasteiger partial charge is 0.351 e. The van der Waals surface area contributed by atoms with Crippen molar-refractivity contribution in [2.45, 2.75) is 13.5 Å². The highest BCUT2D eigenvalue weighted by Gasteiger charge is 2.09. The number of hydrogen-bond donors (Lipinski definition) is 2. The number of nitrogens with one attached hydrogen (secondary N) is 2. The predicted octanol–water partition coefficient (Wildman–Crippen LogP) is 0.381. The first-order chi connectivity index (χ1) is 8.43. The van der Waals surface area contributed by atoms with Crippen molar-refractivity contribution in [1.82, 2.24) is 10.0 Å². The third-order valence-electron chi connectivity index (χ3n) is 2.24. The van der Waals surface area contributed by atoms with Crippen LogP contribution in [0.4, 0.5) is 4.39 Å². The van der Waals surface area contributed by atoms with Crippen molar-refractivity contribution in [2.24, 2.45) is 0 Å². The first kappa shape index (κ1) is 14.6. The zero-order chi connectivity index (χ0) is 13.6. The molecule has 7 heteroatoms. The van der Waals surface area contributed by atoms with E-state index in [9.17, 15) is 17.6 Å². The van der Waals surface area contributed by atoms with Crippen LogP contribution in [0.5, 0.6) is 0 Å². The maximum atomic E-state index is 12.6. The van der Waals surface area contributed by atoms with E-state index in [1.165, 1.54) is 19.1 Å². The lowest BCUT2D eigenvalue weighted by atomic mass is 10.2. The van der Waals surface area contributed by atoms with E-state index in [4.69, 9.17) is 0 Å². The second-order valence-corrected chi connectivity index (χ2v) is 5.72. The summed E-state index contributed by atoms with van der Waals surface area (Å²) in [5, 5.41) is 2.53. The molecule has 0 saturated carbocycles. The average Bonchev–Trinajstić information content (AvgIpc) is 2.36. The van der Waals surface area contributed by atoms with Crippen molar-refractivity contribution in [2.75, 3.05) is 12.3 Å². The molecule has 1 aromatic carbocycles. The van der Waals surface area contributed by atoms with Crippen LogP contribution in [0.1, 0.15) is 12.5 Å². The Morgan fingerprint density at radius 3 is 2.44 bits per heavy atom. The van der Waals surface area contributed by atoms with E-state index in [0.717, 1.165) is 5.56 Å². The van der Waals surface area contributed by atoms with E-state index in [1.807, 2.05) is 0 Å². The summed E-state index contributed by atoms with van der Waals surface area (Å²) < 4.78 is 36.9. The standard InChI is InChI=1S/C11H15FN2O3S/c1-2-18(16,17)14-8-11(15)13-7-9-3-5-10(12)6-4-9/h3-6,14H,2,7-8H2,1H3,(H,13,15). The first-order valence-corrected chi connectivity index (χ1v) is 7.06. The van der Waals surface area contributed by atoms with Gasteiger partial charge in [-0.1, -0.05) is 12.1 Å². The number of halogens is 1. The molecule has 0 atom stereocenters. The smallest absolute Gasteiger partial charge is 0.235 e. The van der Waals surface area contributed by atoms with Gasteiger partial charge in [0.25, 0.3) is 0 Å². The summed E-state index contributed by atoms with van der Waals surface area (Å²) in [4.78, 5) is 11.3. The highest BCUT2D eigenvalue weighted by Crippen LogP contribution is 2.01. The molecule has 0 heterocycles. The molecule has 0 aliphatic rings. The minimum atomic E-state index is -3.36. The molecule has 100 valence electrons. The molecule has 0 spiro atoms. The Hall–Kier alpha value is -1.47. The highest BCUT2D eigenvalue weighted by molar-refractivity contribution is 7.89. The first-order valence-electron chi connectivity index (χ1n) is 5.41. The molecule has 0 radical (unpaired) electrons. The van der Waals surface area contributed by atoms with E-state index >= 15 is 0 Å². The van der Waals surface area contributed by atoms with Gasteiger partial charge in [0, 0.05) is 6.54 Å². The molecule has 0 saturated heterocycles. The van der Waals surface area contributed by atoms with Crippen LogP contribution in [-0.2, 0) is 21.4 Å². The highest BCUT2D eigenvalue weighted by atomic mass is 32.2. The summed E-state index contributed by atoms with van der Waals surface area (Å²) in [5.41, 5.74) is 0.739. The third kappa shape index (κ3) is 5.24. The minimum Gasteiger partial charge on any atom is -0.351 e. The summed E-state index contributed by atoms with van der Waals surface area (Å²) in [6.07, 6.45) is 0. The molecule has 0 fully saturated rings. The van der Waals surface area contributed by atoms with Crippen molar-refractivity contribution in [3.8, 4) is 0 Å². The second kappa shape index (κ2) is 6.46. The molecule has 1 amide bonds. The SMILES string of the molecule is CCS(=O)(=O)NCC(=O)NCc1ccc(F)cc1. The van der Waals surface area contributed by atoms with Crippen molar-refractivity contribution in [3.63, 3.8) is 0 Å². The van der Waals surface area contributed by atoms with Crippen LogP contribution >= 0.6 is 0 Å². The molecule has 5 nitrogen and oxygen atoms in total. The van der Waals surface area contributed by atoms with Gasteiger partial charge in [-0.05, 0) is 24.6 Å². The van der Waals surface area contributed by atoms with Crippen LogP contribution in [0, 0.1) is 5.82 Å². The minimum absolute atomic E-state index is 0.0712. The number of hydrogen-bond acceptors (Lipinski definition) is 3. The molecular formula is C11H15FN2O3S. The van der Waals surface area contributed by atoms with Crippen LogP contribution in [0.15, 0.2) is 24.3 Å². The van der Waals surface area contributed by atoms with Crippen LogP contribution in [-0.4, -0.2) is 26.6 Å². The van der Waals surface area contributed by atoms with Gasteiger partial charge in [-0.3, -0.25) is 4.79 Å². The fraction of sp³-hybridized carbons (Fsp3) is 0.364. The Bertz CT molecular complexity index is 500. The van der Waals surface area contributed by atoms with Gasteiger partial charge in [0.2, 0.25) is 15.9 Å². The van der Waals surface area contributed by atoms with Gasteiger partial charge < -0.3 is 5.32 Å². The molecule has 1 rings (SSSR count). The molecule has 0 aromatic heterocycles. The summed E-state index contributed by atoms with van der Waals surface area (Å²) in [6, 6.07) is 5.68. The van der Waals surface area contributed by atoms with Crippen LogP contribution < -0.4 is 10.0 Å². The average molecular weight is 274 g/mol. The van der Waals surface area contributed by atoms with Gasteiger partial charge in [0.1, 0.15) is 5.82 Å². The number of benzene rings is 1. The van der Waals surface area contributed by atoms with E-state index in [1.54, 1.807) is 12.1 Å². The van der Waals surface area contributed by atoms with Gasteiger partial charge in [-0.2, -0.15) is 0 Å². The summed E-state index contributed by atoms with van der Waals surface area (Å²) in [5.74, 6) is -0.852. The Morgan fingerprint density at radius 2 is 1.89 bits per heavy atom. The lowest BCUT2D eigenvalue weighted by Crippen LogP contribution is -2.37. The normalized spacial score (nSPS) is 11.2. The number of sulfonamides is 1. The van der Waals surface area contributed by atoms with Gasteiger partial charge in [0.05, 0.1) is 12.3 Å². The van der Waals surface area contributed by atoms with Crippen molar-refractivity contribution in [3.05, 3.63) is 35.6 Å². The topological polar surface area (TPSA) is 75.3 Å². The zero-order valence-electron chi connectivity index (χ0n) is 9.94. The maximum absolute atomic E-state index is 12.6. The zero-order valence-corrected chi connectivity index (χ0v) is 10.8. The van der Waals surface area contributed by atoms with E-state index in [2.05, 4.69) is 10.0 Å². The Labute approximate surface area is 105 Å². The second-order valence-electron chi connectivity index (χ2n) is 3.63. The molecule has 2 N–H and O–H groups in total. The fourth-order valence-corrected chi connectivity index (χ4v) is 1.70. The molecule has 0 unspecified atom stereocenters. The molecule has 0 aliphatic carbocycles. The van der Waals surface area contributed by atoms with E-state index in [-0.39, 0.29) is 24.7 Å². The molecule has 0 bridgehead atoms. The van der Waals surface area contributed by atoms with Crippen LogP contribution in [0.2, 0.25) is 0 Å². The molecular weight excluding hydrogens is 259 g/mol. The third-order valence-corrected chi connectivity index (χ3v) is 3.58. The van der Waals surface area contributed by atoms with E-state index < -0.39 is 15.9 Å². The molecule has 18 heavy (non-hydrogen) atoms. The van der Waals surface area contributed by atoms with Crippen molar-refractivity contribution in [1.29, 1.82) is 0 Å². The Morgan fingerprint density at radius 1 is 1.28 bits per heavy atom. The number of amides is 1. The number of carbonyl (C=O) groups excluding carboxylic acids is 1. The molecule has 0 aliphatic heterocycles. The molecule has 1 aromatic rings. The number of rotatable bonds is 6. The van der Waals surface area contributed by atoms with Crippen LogP contribution in [0.3, 0.4) is 0 Å². The summed E-state index contributed by atoms with van der Waals surface area (Å²) in [6.45, 7) is 1.42. The predicted molar refractivity (Wildman–Crippen MR) is 65.7 cm³/mol. The monoisotopic (exact) mass is 274 g/mol. The fourth-order valence-electron chi connectivity index (χ4n) is 1.14. The van der Waals surface area contributed by atoms with Gasteiger partial charge in [-0.15, -0.1) is 0 Å². The summed E-state index contributed by atoms with van der Waals surface area (Å²) in [7, 11) is -3.36. The van der Waals surface area contributed by atoms with Gasteiger partial charge in [-0.25, -0.2) is 17.5 Å². The van der Waals surface area contributed by atoms with Gasteiger partial charge >= 0.3 is 0 Å². The Kier molecular flexibility index (Phi) is 5.24. The number of carbonyl (C=O) groups is 1. The Balaban J connectivity index is 2.36. The van der Waals surface area contributed by atoms with Gasteiger partial charge in [0.15, 0.2) is 0 Å². The lowest BCUT2D eigenvalue weighted by molar-refractivity contribution is -0.120. The quantitative estimate of drug-likeness (QED) is 0.787. The maximum Gasteiger partial charge on any atom is 0.235 e. The van der Waals surface area contributed by atoms with Crippen molar-refractivity contribution >= 4 is 15.9 Å². The van der Waals surface area contributed by atoms with E-state index in [0.29, 0.717) is 0 Å². The van der Waals surface area contributed by atoms with Crippen molar-refractivity contribution < 1.29 is 17.6 Å². The summed E-state index contributed by atoms with van der Waals surface area (Å²) >= 11 is 0. The lowest BCUT2D eigenvalue weighted by Gasteiger charge is -2.06. The van der Waals surface area contributed by atoms with Crippen LogP contribution in [0.25, 0.3) is 0 Å².